The van der Waals surface area contributed by atoms with Gasteiger partial charge in [-0.05, 0) is 20.8 Å². The van der Waals surface area contributed by atoms with Crippen LogP contribution in [-0.4, -0.2) is 60.2 Å². The summed E-state index contributed by atoms with van der Waals surface area (Å²) < 4.78 is 21.9. The molecule has 23 heavy (non-hydrogen) atoms. The van der Waals surface area contributed by atoms with Crippen molar-refractivity contribution < 1.29 is 18.9 Å². The first kappa shape index (κ1) is 19.5. The molecule has 9 nitrogen and oxygen atoms in total. The van der Waals surface area contributed by atoms with E-state index in [9.17, 15) is 0 Å². The van der Waals surface area contributed by atoms with E-state index in [0.29, 0.717) is 25.6 Å². The average Bonchev–Trinajstić information content (AvgIpc) is 2.49. The summed E-state index contributed by atoms with van der Waals surface area (Å²) in [5, 5.41) is 0. The highest BCUT2D eigenvalue weighted by molar-refractivity contribution is 5.25. The third-order valence-electron chi connectivity index (χ3n) is 2.93. The van der Waals surface area contributed by atoms with Gasteiger partial charge in [-0.2, -0.15) is 15.0 Å². The van der Waals surface area contributed by atoms with Crippen molar-refractivity contribution in [2.75, 3.05) is 38.4 Å². The first-order chi connectivity index (χ1) is 10.9. The molecule has 1 aromatic heterocycles. The molecule has 0 fully saturated rings. The van der Waals surface area contributed by atoms with Gasteiger partial charge < -0.3 is 30.4 Å². The Balaban J connectivity index is 2.17. The van der Waals surface area contributed by atoms with Crippen LogP contribution in [0.5, 0.6) is 0 Å². The van der Waals surface area contributed by atoms with Crippen LogP contribution in [0, 0.1) is 0 Å². The molecule has 0 spiro atoms. The largest absolute Gasteiger partial charge is 0.379 e. The van der Waals surface area contributed by atoms with Crippen LogP contribution < -0.4 is 11.5 Å². The first-order valence-corrected chi connectivity index (χ1v) is 7.50. The Hall–Kier alpha value is -1.55. The molecule has 1 heterocycles. The number of hydrogen-bond acceptors (Lipinski definition) is 9. The molecule has 3 atom stereocenters. The molecule has 0 aliphatic carbocycles. The van der Waals surface area contributed by atoms with Gasteiger partial charge in [0, 0.05) is 7.11 Å². The van der Waals surface area contributed by atoms with E-state index in [4.69, 9.17) is 30.4 Å². The van der Waals surface area contributed by atoms with Gasteiger partial charge in [0.1, 0.15) is 6.61 Å². The molecule has 0 aliphatic heterocycles. The number of methoxy groups -OCH3 is 1. The highest BCUT2D eigenvalue weighted by atomic mass is 16.6. The molecule has 4 N–H and O–H groups in total. The van der Waals surface area contributed by atoms with Crippen LogP contribution in [0.4, 0.5) is 11.9 Å². The summed E-state index contributed by atoms with van der Waals surface area (Å²) in [6, 6.07) is 0. The predicted octanol–water partition coefficient (Wildman–Crippen LogP) is 0.398. The number of nitrogens with zero attached hydrogens (tertiary/aromatic N) is 3. The van der Waals surface area contributed by atoms with Crippen molar-refractivity contribution in [3.8, 4) is 0 Å². The van der Waals surface area contributed by atoms with Crippen LogP contribution >= 0.6 is 0 Å². The SMILES string of the molecule is COC(C)COC(C)COC(C)COCc1nc(N)nc(N)n1. The Morgan fingerprint density at radius 3 is 1.91 bits per heavy atom. The average molecular weight is 329 g/mol. The number of hydrogen-bond donors (Lipinski definition) is 2. The monoisotopic (exact) mass is 329 g/mol. The standard InChI is InChI=1S/C14H27N5O4/c1-9(20-4)6-22-11(3)7-23-10(2)5-21-8-12-17-13(15)19-14(16)18-12/h9-11H,5-8H2,1-4H3,(H4,15,16,17,18,19). The fourth-order valence-corrected chi connectivity index (χ4v) is 1.60. The van der Waals surface area contributed by atoms with Gasteiger partial charge in [0.15, 0.2) is 5.82 Å². The minimum atomic E-state index is -0.0857. The Labute approximate surface area is 136 Å². The number of rotatable bonds is 11. The Morgan fingerprint density at radius 2 is 1.35 bits per heavy atom. The lowest BCUT2D eigenvalue weighted by molar-refractivity contribution is -0.0763. The number of ether oxygens (including phenoxy) is 4. The van der Waals surface area contributed by atoms with Gasteiger partial charge in [0.2, 0.25) is 11.9 Å². The summed E-state index contributed by atoms with van der Waals surface area (Å²) in [7, 11) is 1.66. The van der Waals surface area contributed by atoms with E-state index in [1.165, 1.54) is 0 Å². The van der Waals surface area contributed by atoms with Crippen LogP contribution in [0.25, 0.3) is 0 Å². The van der Waals surface area contributed by atoms with Crippen molar-refractivity contribution in [3.63, 3.8) is 0 Å². The maximum absolute atomic E-state index is 5.66. The van der Waals surface area contributed by atoms with E-state index >= 15 is 0 Å². The molecule has 0 bridgehead atoms. The summed E-state index contributed by atoms with van der Waals surface area (Å²) in [6.07, 6.45) is -0.0333. The summed E-state index contributed by atoms with van der Waals surface area (Å²) >= 11 is 0. The molecule has 3 unspecified atom stereocenters. The van der Waals surface area contributed by atoms with Crippen molar-refractivity contribution in [1.82, 2.24) is 15.0 Å². The molecule has 132 valence electrons. The van der Waals surface area contributed by atoms with Crippen LogP contribution in [0.3, 0.4) is 0 Å². The molecule has 0 amide bonds. The minimum Gasteiger partial charge on any atom is -0.379 e. The lowest BCUT2D eigenvalue weighted by Crippen LogP contribution is -2.26. The van der Waals surface area contributed by atoms with E-state index in [0.717, 1.165) is 0 Å². The zero-order chi connectivity index (χ0) is 17.2. The third kappa shape index (κ3) is 8.60. The highest BCUT2D eigenvalue weighted by Crippen LogP contribution is 2.03. The van der Waals surface area contributed by atoms with Gasteiger partial charge >= 0.3 is 0 Å². The summed E-state index contributed by atoms with van der Waals surface area (Å²) in [5.74, 6) is 0.556. The van der Waals surface area contributed by atoms with Gasteiger partial charge in [0.25, 0.3) is 0 Å². The van der Waals surface area contributed by atoms with Crippen molar-refractivity contribution in [1.29, 1.82) is 0 Å². The van der Waals surface area contributed by atoms with E-state index in [1.807, 2.05) is 20.8 Å². The summed E-state index contributed by atoms with van der Waals surface area (Å²) in [5.41, 5.74) is 11.0. The van der Waals surface area contributed by atoms with Crippen molar-refractivity contribution in [2.45, 2.75) is 45.7 Å². The Kier molecular flexibility index (Phi) is 8.70. The van der Waals surface area contributed by atoms with Gasteiger partial charge in [-0.3, -0.25) is 0 Å². The quantitative estimate of drug-likeness (QED) is 0.592. The van der Waals surface area contributed by atoms with Gasteiger partial charge in [-0.1, -0.05) is 0 Å². The second-order valence-electron chi connectivity index (χ2n) is 5.32. The smallest absolute Gasteiger partial charge is 0.225 e. The predicted molar refractivity (Wildman–Crippen MR) is 85.6 cm³/mol. The number of nitrogens with two attached hydrogens (primary N) is 2. The Morgan fingerprint density at radius 1 is 0.826 bits per heavy atom. The van der Waals surface area contributed by atoms with Crippen LogP contribution in [0.2, 0.25) is 0 Å². The van der Waals surface area contributed by atoms with Crippen LogP contribution in [0.15, 0.2) is 0 Å². The lowest BCUT2D eigenvalue weighted by atomic mass is 10.4. The Bertz CT molecular complexity index is 443. The maximum atomic E-state index is 5.66. The third-order valence-corrected chi connectivity index (χ3v) is 2.93. The van der Waals surface area contributed by atoms with Crippen molar-refractivity contribution >= 4 is 11.9 Å². The summed E-state index contributed by atoms with van der Waals surface area (Å²) in [6.45, 7) is 7.42. The molecule has 0 radical (unpaired) electrons. The topological polar surface area (TPSA) is 128 Å². The van der Waals surface area contributed by atoms with Crippen molar-refractivity contribution in [3.05, 3.63) is 5.82 Å². The molecule has 0 aromatic carbocycles. The molecule has 1 aromatic rings. The van der Waals surface area contributed by atoms with E-state index in [2.05, 4.69) is 15.0 Å². The first-order valence-electron chi connectivity index (χ1n) is 7.50. The zero-order valence-electron chi connectivity index (χ0n) is 14.2. The second-order valence-corrected chi connectivity index (χ2v) is 5.32. The minimum absolute atomic E-state index is 0.0156. The normalized spacial score (nSPS) is 15.3. The molecular weight excluding hydrogens is 302 g/mol. The van der Waals surface area contributed by atoms with Gasteiger partial charge in [0.05, 0.1) is 38.1 Å². The van der Waals surface area contributed by atoms with E-state index < -0.39 is 0 Å². The van der Waals surface area contributed by atoms with Crippen LogP contribution in [0.1, 0.15) is 26.6 Å². The van der Waals surface area contributed by atoms with Crippen molar-refractivity contribution in [2.24, 2.45) is 0 Å². The van der Waals surface area contributed by atoms with E-state index in [1.54, 1.807) is 7.11 Å². The molecule has 1 rings (SSSR count). The zero-order valence-corrected chi connectivity index (χ0v) is 14.2. The molecule has 0 saturated heterocycles. The number of nitrogen functional groups attached to an aromatic ring is 2. The molecule has 0 saturated carbocycles. The second kappa shape index (κ2) is 10.3. The fourth-order valence-electron chi connectivity index (χ4n) is 1.60. The van der Waals surface area contributed by atoms with Gasteiger partial charge in [-0.15, -0.1) is 0 Å². The van der Waals surface area contributed by atoms with E-state index in [-0.39, 0.29) is 36.8 Å². The summed E-state index contributed by atoms with van der Waals surface area (Å²) in [4.78, 5) is 11.6. The fraction of sp³-hybridized carbons (Fsp3) is 0.786. The number of anilines is 2. The number of aromatic nitrogens is 3. The maximum Gasteiger partial charge on any atom is 0.225 e. The molecule has 0 aliphatic rings. The molecule has 9 heteroatoms. The van der Waals surface area contributed by atoms with Gasteiger partial charge in [-0.25, -0.2) is 0 Å². The highest BCUT2D eigenvalue weighted by Gasteiger charge is 2.10. The molecular formula is C14H27N5O4. The lowest BCUT2D eigenvalue weighted by Gasteiger charge is -2.19. The van der Waals surface area contributed by atoms with Crippen LogP contribution in [-0.2, 0) is 25.6 Å².